The highest BCUT2D eigenvalue weighted by atomic mass is 35.5. The molecule has 0 aliphatic carbocycles. The van der Waals surface area contributed by atoms with Gasteiger partial charge < -0.3 is 9.80 Å². The maximum absolute atomic E-state index is 13.0. The standard InChI is InChI=1S/C20H19ClN4OS/c1-14-18(27-19(23-14)15-5-4-6-16(21)13-15)20(26)25-11-9-24(10-12-25)17-7-2-3-8-22-17/h2-8,13H,9-12H2,1H3. The topological polar surface area (TPSA) is 49.3 Å². The number of halogens is 1. The average molecular weight is 399 g/mol. The molecule has 1 aliphatic heterocycles. The van der Waals surface area contributed by atoms with Crippen molar-refractivity contribution in [3.05, 3.63) is 64.3 Å². The Labute approximate surface area is 167 Å². The Hall–Kier alpha value is -2.44. The van der Waals surface area contributed by atoms with Crippen LogP contribution in [0.25, 0.3) is 10.6 Å². The van der Waals surface area contributed by atoms with Gasteiger partial charge in [-0.1, -0.05) is 29.8 Å². The molecule has 0 spiro atoms. The quantitative estimate of drug-likeness (QED) is 0.665. The van der Waals surface area contributed by atoms with Crippen molar-refractivity contribution in [1.82, 2.24) is 14.9 Å². The van der Waals surface area contributed by atoms with E-state index in [0.29, 0.717) is 23.0 Å². The van der Waals surface area contributed by atoms with Gasteiger partial charge in [0.15, 0.2) is 0 Å². The van der Waals surface area contributed by atoms with E-state index in [1.165, 1.54) is 11.3 Å². The number of nitrogens with zero attached hydrogens (tertiary/aromatic N) is 4. The third-order valence-corrected chi connectivity index (χ3v) is 6.03. The molecule has 1 saturated heterocycles. The number of piperazine rings is 1. The summed E-state index contributed by atoms with van der Waals surface area (Å²) in [6, 6.07) is 13.5. The Bertz CT molecular complexity index is 952. The van der Waals surface area contributed by atoms with Gasteiger partial charge in [0.05, 0.1) is 5.69 Å². The summed E-state index contributed by atoms with van der Waals surface area (Å²) in [5.41, 5.74) is 1.71. The number of pyridine rings is 1. The second kappa shape index (κ2) is 7.66. The van der Waals surface area contributed by atoms with E-state index in [9.17, 15) is 4.79 Å². The van der Waals surface area contributed by atoms with Crippen LogP contribution in [0.4, 0.5) is 5.82 Å². The van der Waals surface area contributed by atoms with Crippen molar-refractivity contribution in [3.63, 3.8) is 0 Å². The van der Waals surface area contributed by atoms with E-state index in [0.717, 1.165) is 35.2 Å². The summed E-state index contributed by atoms with van der Waals surface area (Å²) < 4.78 is 0. The van der Waals surface area contributed by atoms with Crippen molar-refractivity contribution in [3.8, 4) is 10.6 Å². The van der Waals surface area contributed by atoms with Crippen LogP contribution in [-0.2, 0) is 0 Å². The molecule has 0 unspecified atom stereocenters. The molecular formula is C20H19ClN4OS. The Morgan fingerprint density at radius 1 is 1.11 bits per heavy atom. The minimum atomic E-state index is 0.0546. The van der Waals surface area contributed by atoms with Gasteiger partial charge in [0.25, 0.3) is 5.91 Å². The van der Waals surface area contributed by atoms with E-state index in [1.807, 2.05) is 54.3 Å². The molecule has 0 bridgehead atoms. The number of aromatic nitrogens is 2. The second-order valence-corrected chi connectivity index (χ2v) is 7.85. The Morgan fingerprint density at radius 3 is 2.63 bits per heavy atom. The largest absolute Gasteiger partial charge is 0.353 e. The van der Waals surface area contributed by atoms with Crippen molar-refractivity contribution < 1.29 is 4.79 Å². The number of rotatable bonds is 3. The van der Waals surface area contributed by atoms with Gasteiger partial charge in [-0.05, 0) is 31.2 Å². The van der Waals surface area contributed by atoms with Gasteiger partial charge in [-0.3, -0.25) is 4.79 Å². The fourth-order valence-electron chi connectivity index (χ4n) is 3.16. The van der Waals surface area contributed by atoms with Gasteiger partial charge in [0.2, 0.25) is 0 Å². The molecule has 1 fully saturated rings. The van der Waals surface area contributed by atoms with E-state index in [4.69, 9.17) is 11.6 Å². The Morgan fingerprint density at radius 2 is 1.93 bits per heavy atom. The maximum atomic E-state index is 13.0. The summed E-state index contributed by atoms with van der Waals surface area (Å²) in [5, 5.41) is 1.49. The molecule has 5 nitrogen and oxygen atoms in total. The zero-order valence-corrected chi connectivity index (χ0v) is 16.5. The van der Waals surface area contributed by atoms with Crippen molar-refractivity contribution >= 4 is 34.7 Å². The number of anilines is 1. The number of aryl methyl sites for hydroxylation is 1. The van der Waals surface area contributed by atoms with E-state index in [-0.39, 0.29) is 5.91 Å². The first-order valence-corrected chi connectivity index (χ1v) is 10.00. The van der Waals surface area contributed by atoms with Crippen molar-refractivity contribution in [1.29, 1.82) is 0 Å². The molecule has 0 N–H and O–H groups in total. The molecule has 1 aromatic carbocycles. The molecule has 2 aromatic heterocycles. The van der Waals surface area contributed by atoms with Crippen LogP contribution in [0.15, 0.2) is 48.7 Å². The number of carbonyl (C=O) groups excluding carboxylic acids is 1. The van der Waals surface area contributed by atoms with Gasteiger partial charge in [0, 0.05) is 43.0 Å². The van der Waals surface area contributed by atoms with Crippen molar-refractivity contribution in [2.45, 2.75) is 6.92 Å². The number of hydrogen-bond donors (Lipinski definition) is 0. The fraction of sp³-hybridized carbons (Fsp3) is 0.250. The van der Waals surface area contributed by atoms with Gasteiger partial charge in [-0.15, -0.1) is 11.3 Å². The van der Waals surface area contributed by atoms with Gasteiger partial charge in [-0.25, -0.2) is 9.97 Å². The van der Waals surface area contributed by atoms with E-state index in [1.54, 1.807) is 6.20 Å². The molecule has 0 radical (unpaired) electrons. The van der Waals surface area contributed by atoms with E-state index < -0.39 is 0 Å². The molecule has 1 amide bonds. The summed E-state index contributed by atoms with van der Waals surface area (Å²) >= 11 is 7.52. The number of hydrogen-bond acceptors (Lipinski definition) is 5. The number of carbonyl (C=O) groups is 1. The molecule has 4 rings (SSSR count). The molecular weight excluding hydrogens is 380 g/mol. The first kappa shape index (κ1) is 17.9. The normalized spacial score (nSPS) is 14.4. The minimum absolute atomic E-state index is 0.0546. The van der Waals surface area contributed by atoms with Crippen LogP contribution < -0.4 is 4.90 Å². The van der Waals surface area contributed by atoms with Crippen LogP contribution in [0.5, 0.6) is 0 Å². The monoisotopic (exact) mass is 398 g/mol. The summed E-state index contributed by atoms with van der Waals surface area (Å²) in [6.07, 6.45) is 1.80. The van der Waals surface area contributed by atoms with E-state index >= 15 is 0 Å². The zero-order valence-electron chi connectivity index (χ0n) is 14.9. The molecule has 138 valence electrons. The molecule has 7 heteroatoms. The van der Waals surface area contributed by atoms with Crippen LogP contribution in [0, 0.1) is 6.92 Å². The number of benzene rings is 1. The zero-order chi connectivity index (χ0) is 18.8. The molecule has 0 saturated carbocycles. The van der Waals surface area contributed by atoms with Gasteiger partial charge >= 0.3 is 0 Å². The molecule has 0 atom stereocenters. The van der Waals surface area contributed by atoms with E-state index in [2.05, 4.69) is 14.9 Å². The first-order valence-electron chi connectivity index (χ1n) is 8.80. The maximum Gasteiger partial charge on any atom is 0.265 e. The summed E-state index contributed by atoms with van der Waals surface area (Å²) in [6.45, 7) is 4.81. The fourth-order valence-corrected chi connectivity index (χ4v) is 4.38. The molecule has 1 aliphatic rings. The highest BCUT2D eigenvalue weighted by molar-refractivity contribution is 7.17. The first-order chi connectivity index (χ1) is 13.1. The average Bonchev–Trinajstić information content (AvgIpc) is 3.10. The predicted molar refractivity (Wildman–Crippen MR) is 110 cm³/mol. The van der Waals surface area contributed by atoms with Crippen LogP contribution in [-0.4, -0.2) is 47.0 Å². The van der Waals surface area contributed by atoms with Crippen LogP contribution in [0.1, 0.15) is 15.4 Å². The highest BCUT2D eigenvalue weighted by Gasteiger charge is 2.26. The summed E-state index contributed by atoms with van der Waals surface area (Å²) in [7, 11) is 0. The smallest absolute Gasteiger partial charge is 0.265 e. The second-order valence-electron chi connectivity index (χ2n) is 6.41. The summed E-state index contributed by atoms with van der Waals surface area (Å²) in [5.74, 6) is 1.01. The lowest BCUT2D eigenvalue weighted by molar-refractivity contribution is 0.0750. The lowest BCUT2D eigenvalue weighted by Gasteiger charge is -2.35. The SMILES string of the molecule is Cc1nc(-c2cccc(Cl)c2)sc1C(=O)N1CCN(c2ccccn2)CC1. The molecule has 3 heterocycles. The third kappa shape index (κ3) is 3.82. The minimum Gasteiger partial charge on any atom is -0.353 e. The Balaban J connectivity index is 1.48. The highest BCUT2D eigenvalue weighted by Crippen LogP contribution is 2.30. The lowest BCUT2D eigenvalue weighted by atomic mass is 10.2. The van der Waals surface area contributed by atoms with Gasteiger partial charge in [0.1, 0.15) is 15.7 Å². The molecule has 3 aromatic rings. The van der Waals surface area contributed by atoms with Crippen LogP contribution in [0.2, 0.25) is 5.02 Å². The summed E-state index contributed by atoms with van der Waals surface area (Å²) in [4.78, 5) is 26.8. The number of thiazole rings is 1. The predicted octanol–water partition coefficient (Wildman–Crippen LogP) is 4.13. The third-order valence-electron chi connectivity index (χ3n) is 4.60. The van der Waals surface area contributed by atoms with Crippen LogP contribution >= 0.6 is 22.9 Å². The van der Waals surface area contributed by atoms with Gasteiger partial charge in [-0.2, -0.15) is 0 Å². The lowest BCUT2D eigenvalue weighted by Crippen LogP contribution is -2.49. The molecule has 27 heavy (non-hydrogen) atoms. The van der Waals surface area contributed by atoms with Crippen LogP contribution in [0.3, 0.4) is 0 Å². The van der Waals surface area contributed by atoms with Crippen molar-refractivity contribution in [2.24, 2.45) is 0 Å². The van der Waals surface area contributed by atoms with Crippen molar-refractivity contribution in [2.75, 3.05) is 31.1 Å². The Kier molecular flexibility index (Phi) is 5.09. The number of amides is 1.